The Morgan fingerprint density at radius 1 is 1.56 bits per heavy atom. The third kappa shape index (κ3) is 1.91. The molecule has 0 aliphatic carbocycles. The van der Waals surface area contributed by atoms with Gasteiger partial charge in [0.25, 0.3) is 0 Å². The molecule has 0 saturated carbocycles. The second kappa shape index (κ2) is 4.40. The van der Waals surface area contributed by atoms with Crippen LogP contribution >= 0.6 is 15.9 Å². The average molecular weight is 287 g/mol. The first kappa shape index (κ1) is 11.4. The van der Waals surface area contributed by atoms with E-state index in [4.69, 9.17) is 15.6 Å². The number of hydrogen-bond donors (Lipinski definition) is 3. The Morgan fingerprint density at radius 3 is 3.00 bits per heavy atom. The third-order valence-electron chi connectivity index (χ3n) is 2.33. The minimum atomic E-state index is -0.627. The van der Waals surface area contributed by atoms with Gasteiger partial charge in [-0.2, -0.15) is 0 Å². The molecule has 4 N–H and O–H groups in total. The number of halogens is 1. The maximum absolute atomic E-state index is 11.3. The van der Waals surface area contributed by atoms with E-state index in [2.05, 4.69) is 21.2 Å². The maximum Gasteiger partial charge on any atom is 0.245 e. The molecule has 1 aromatic rings. The molecule has 1 unspecified atom stereocenters. The first-order chi connectivity index (χ1) is 7.63. The molecule has 0 bridgehead atoms. The van der Waals surface area contributed by atoms with E-state index < -0.39 is 6.04 Å². The number of hydrogen-bond acceptors (Lipinski definition) is 4. The van der Waals surface area contributed by atoms with Gasteiger partial charge in [-0.15, -0.1) is 0 Å². The van der Waals surface area contributed by atoms with Crippen molar-refractivity contribution in [2.45, 2.75) is 6.04 Å². The van der Waals surface area contributed by atoms with Gasteiger partial charge >= 0.3 is 0 Å². The van der Waals surface area contributed by atoms with E-state index in [0.29, 0.717) is 15.9 Å². The molecule has 1 aliphatic heterocycles. The number of aliphatic hydroxyl groups is 1. The highest BCUT2D eigenvalue weighted by Gasteiger charge is 2.28. The van der Waals surface area contributed by atoms with Gasteiger partial charge in [0.2, 0.25) is 5.91 Å². The molecular formula is C10H11BrN2O3. The van der Waals surface area contributed by atoms with E-state index in [1.54, 1.807) is 12.1 Å². The van der Waals surface area contributed by atoms with Crippen LogP contribution in [0.3, 0.4) is 0 Å². The molecular weight excluding hydrogens is 276 g/mol. The van der Waals surface area contributed by atoms with Crippen LogP contribution in [-0.2, 0) is 4.79 Å². The van der Waals surface area contributed by atoms with Gasteiger partial charge in [0.1, 0.15) is 18.4 Å². The molecule has 0 aromatic heterocycles. The van der Waals surface area contributed by atoms with Gasteiger partial charge in [0, 0.05) is 17.3 Å². The smallest absolute Gasteiger partial charge is 0.245 e. The summed E-state index contributed by atoms with van der Waals surface area (Å²) in [4.78, 5) is 11.3. The van der Waals surface area contributed by atoms with Crippen LogP contribution in [-0.4, -0.2) is 24.2 Å². The Morgan fingerprint density at radius 2 is 2.31 bits per heavy atom. The van der Waals surface area contributed by atoms with E-state index in [1.165, 1.54) is 0 Å². The van der Waals surface area contributed by atoms with Crippen LogP contribution in [0.1, 0.15) is 11.6 Å². The molecule has 5 nitrogen and oxygen atoms in total. The van der Waals surface area contributed by atoms with Gasteiger partial charge in [-0.3, -0.25) is 4.79 Å². The Balaban J connectivity index is 2.33. The van der Waals surface area contributed by atoms with Crippen molar-refractivity contribution in [1.82, 2.24) is 0 Å². The second-order valence-electron chi connectivity index (χ2n) is 3.41. The van der Waals surface area contributed by atoms with E-state index in [0.717, 1.165) is 5.56 Å². The standard InChI is InChI=1S/C10H11BrN2O3/c11-6-3-5-7(13-10(15)9(5)12)4-8(6)16-2-1-14/h3-4,9,14H,1-2,12H2,(H,13,15). The van der Waals surface area contributed by atoms with Crippen LogP contribution in [0.4, 0.5) is 5.69 Å². The summed E-state index contributed by atoms with van der Waals surface area (Å²) in [5.41, 5.74) is 7.10. The molecule has 1 amide bonds. The number of aliphatic hydroxyl groups excluding tert-OH is 1. The molecule has 1 atom stereocenters. The number of amides is 1. The van der Waals surface area contributed by atoms with Crippen LogP contribution in [0.25, 0.3) is 0 Å². The lowest BCUT2D eigenvalue weighted by Crippen LogP contribution is -2.19. The minimum absolute atomic E-state index is 0.0601. The fourth-order valence-electron chi connectivity index (χ4n) is 1.55. The van der Waals surface area contributed by atoms with Gasteiger partial charge in [0.05, 0.1) is 11.1 Å². The first-order valence-corrected chi connectivity index (χ1v) is 5.56. The summed E-state index contributed by atoms with van der Waals surface area (Å²) in [6, 6.07) is 2.82. The van der Waals surface area contributed by atoms with Crippen molar-refractivity contribution in [1.29, 1.82) is 0 Å². The van der Waals surface area contributed by atoms with Crippen LogP contribution in [0.2, 0.25) is 0 Å². The van der Waals surface area contributed by atoms with Gasteiger partial charge in [-0.25, -0.2) is 0 Å². The van der Waals surface area contributed by atoms with Gasteiger partial charge in [-0.05, 0) is 22.0 Å². The highest BCUT2D eigenvalue weighted by molar-refractivity contribution is 9.10. The Labute approximate surface area is 101 Å². The molecule has 1 aromatic carbocycles. The van der Waals surface area contributed by atoms with E-state index in [9.17, 15) is 4.79 Å². The highest BCUT2D eigenvalue weighted by atomic mass is 79.9. The van der Waals surface area contributed by atoms with E-state index >= 15 is 0 Å². The lowest BCUT2D eigenvalue weighted by atomic mass is 10.1. The summed E-state index contributed by atoms with van der Waals surface area (Å²) in [5, 5.41) is 11.3. The van der Waals surface area contributed by atoms with Crippen molar-refractivity contribution in [3.63, 3.8) is 0 Å². The number of nitrogens with one attached hydrogen (secondary N) is 1. The molecule has 2 rings (SSSR count). The second-order valence-corrected chi connectivity index (χ2v) is 4.26. The Kier molecular flexibility index (Phi) is 3.13. The predicted molar refractivity (Wildman–Crippen MR) is 62.3 cm³/mol. The number of carbonyl (C=O) groups is 1. The number of anilines is 1. The lowest BCUT2D eigenvalue weighted by molar-refractivity contribution is -0.116. The number of carbonyl (C=O) groups excluding carboxylic acids is 1. The van der Waals surface area contributed by atoms with Crippen LogP contribution in [0, 0.1) is 0 Å². The van der Waals surface area contributed by atoms with E-state index in [-0.39, 0.29) is 19.1 Å². The number of benzene rings is 1. The largest absolute Gasteiger partial charge is 0.490 e. The van der Waals surface area contributed by atoms with Crippen molar-refractivity contribution in [2.75, 3.05) is 18.5 Å². The van der Waals surface area contributed by atoms with Crippen LogP contribution in [0.15, 0.2) is 16.6 Å². The van der Waals surface area contributed by atoms with Crippen LogP contribution in [0.5, 0.6) is 5.75 Å². The number of ether oxygens (including phenoxy) is 1. The fourth-order valence-corrected chi connectivity index (χ4v) is 2.03. The monoisotopic (exact) mass is 286 g/mol. The third-order valence-corrected chi connectivity index (χ3v) is 2.95. The molecule has 0 spiro atoms. The average Bonchev–Trinajstić information content (AvgIpc) is 2.52. The summed E-state index contributed by atoms with van der Waals surface area (Å²) in [5.74, 6) is 0.350. The van der Waals surface area contributed by atoms with Crippen molar-refractivity contribution >= 4 is 27.5 Å². The van der Waals surface area contributed by atoms with Gasteiger partial charge in [0.15, 0.2) is 0 Å². The van der Waals surface area contributed by atoms with Crippen molar-refractivity contribution in [2.24, 2.45) is 5.73 Å². The van der Waals surface area contributed by atoms with Gasteiger partial charge in [-0.1, -0.05) is 0 Å². The SMILES string of the molecule is NC1C(=O)Nc2cc(OCCO)c(Br)cc21. The van der Waals surface area contributed by atoms with Crippen molar-refractivity contribution < 1.29 is 14.6 Å². The zero-order valence-corrected chi connectivity index (χ0v) is 9.95. The molecule has 0 saturated heterocycles. The zero-order chi connectivity index (χ0) is 11.7. The minimum Gasteiger partial charge on any atom is -0.490 e. The number of fused-ring (bicyclic) bond motifs is 1. The summed E-state index contributed by atoms with van der Waals surface area (Å²) in [6.07, 6.45) is 0. The lowest BCUT2D eigenvalue weighted by Gasteiger charge is -2.09. The Bertz CT molecular complexity index is 436. The molecule has 86 valence electrons. The van der Waals surface area contributed by atoms with Crippen molar-refractivity contribution in [3.05, 3.63) is 22.2 Å². The Hall–Kier alpha value is -1.11. The predicted octanol–water partition coefficient (Wildman–Crippen LogP) is 0.772. The molecule has 16 heavy (non-hydrogen) atoms. The topological polar surface area (TPSA) is 84.6 Å². The van der Waals surface area contributed by atoms with E-state index in [1.807, 2.05) is 0 Å². The molecule has 1 heterocycles. The van der Waals surface area contributed by atoms with Crippen molar-refractivity contribution in [3.8, 4) is 5.75 Å². The summed E-state index contributed by atoms with van der Waals surface area (Å²) in [6.45, 7) is 0.146. The maximum atomic E-state index is 11.3. The molecule has 0 fully saturated rings. The fraction of sp³-hybridized carbons (Fsp3) is 0.300. The molecule has 1 aliphatic rings. The summed E-state index contributed by atoms with van der Waals surface area (Å²) >= 11 is 3.33. The number of nitrogens with two attached hydrogens (primary N) is 1. The zero-order valence-electron chi connectivity index (χ0n) is 8.37. The normalized spacial score (nSPS) is 18.2. The highest BCUT2D eigenvalue weighted by Crippen LogP contribution is 2.37. The summed E-state index contributed by atoms with van der Waals surface area (Å²) < 4.78 is 6.01. The summed E-state index contributed by atoms with van der Waals surface area (Å²) in [7, 11) is 0. The number of rotatable bonds is 3. The van der Waals surface area contributed by atoms with Crippen LogP contribution < -0.4 is 15.8 Å². The molecule has 0 radical (unpaired) electrons. The van der Waals surface area contributed by atoms with Gasteiger partial charge < -0.3 is 20.9 Å². The quantitative estimate of drug-likeness (QED) is 0.766. The first-order valence-electron chi connectivity index (χ1n) is 4.77. The molecule has 6 heteroatoms.